The van der Waals surface area contributed by atoms with Crippen molar-refractivity contribution in [1.82, 2.24) is 10.1 Å². The van der Waals surface area contributed by atoms with Gasteiger partial charge in [-0.3, -0.25) is 0 Å². The van der Waals surface area contributed by atoms with Gasteiger partial charge in [-0.1, -0.05) is 24.2 Å². The number of aryl methyl sites for hydroxylation is 1. The summed E-state index contributed by atoms with van der Waals surface area (Å²) in [6.07, 6.45) is 0.721. The molecule has 0 fully saturated rings. The Morgan fingerprint density at radius 2 is 2.24 bits per heavy atom. The molecule has 0 N–H and O–H groups in total. The highest BCUT2D eigenvalue weighted by Crippen LogP contribution is 2.17. The predicted octanol–water partition coefficient (Wildman–Crippen LogP) is 2.08. The molecule has 1 heterocycles. The molecule has 0 aliphatic rings. The molecular weight excluding hydrogens is 218 g/mol. The lowest BCUT2D eigenvalue weighted by atomic mass is 10.2. The summed E-state index contributed by atoms with van der Waals surface area (Å²) < 4.78 is 10.4. The number of rotatable bonds is 4. The first kappa shape index (κ1) is 11.1. The van der Waals surface area contributed by atoms with Crippen molar-refractivity contribution in [3.8, 4) is 11.8 Å². The Morgan fingerprint density at radius 1 is 1.41 bits per heavy atom. The molecule has 0 unspecified atom stereocenters. The van der Waals surface area contributed by atoms with Crippen LogP contribution in [0, 0.1) is 11.3 Å². The number of nitrogens with zero attached hydrogens (tertiary/aromatic N) is 3. The van der Waals surface area contributed by atoms with Gasteiger partial charge in [-0.25, -0.2) is 0 Å². The summed E-state index contributed by atoms with van der Waals surface area (Å²) in [4.78, 5) is 4.11. The number of nitriles is 1. The van der Waals surface area contributed by atoms with Gasteiger partial charge >= 0.3 is 0 Å². The molecule has 0 radical (unpaired) electrons. The van der Waals surface area contributed by atoms with Crippen molar-refractivity contribution in [1.29, 1.82) is 5.26 Å². The van der Waals surface area contributed by atoms with Gasteiger partial charge in [-0.2, -0.15) is 10.2 Å². The van der Waals surface area contributed by atoms with E-state index in [0.29, 0.717) is 23.0 Å². The summed E-state index contributed by atoms with van der Waals surface area (Å²) in [7, 11) is 0. The maximum atomic E-state index is 8.88. The molecule has 5 nitrogen and oxygen atoms in total. The smallest absolute Gasteiger partial charge is 0.264 e. The van der Waals surface area contributed by atoms with Gasteiger partial charge in [0.15, 0.2) is 12.4 Å². The standard InChI is InChI=1S/C12H11N3O2/c1-2-11-14-12(17-15-11)8-16-10-6-4-3-5-9(10)7-13/h3-6H,2,8H2,1H3. The summed E-state index contributed by atoms with van der Waals surface area (Å²) in [6.45, 7) is 2.12. The maximum Gasteiger partial charge on any atom is 0.264 e. The molecule has 1 aromatic carbocycles. The molecule has 0 saturated heterocycles. The van der Waals surface area contributed by atoms with E-state index in [9.17, 15) is 0 Å². The second-order valence-corrected chi connectivity index (χ2v) is 3.35. The molecule has 0 saturated carbocycles. The van der Waals surface area contributed by atoms with Crippen molar-refractivity contribution in [3.63, 3.8) is 0 Å². The lowest BCUT2D eigenvalue weighted by molar-refractivity contribution is 0.242. The van der Waals surface area contributed by atoms with Gasteiger partial charge in [-0.15, -0.1) is 0 Å². The average molecular weight is 229 g/mol. The zero-order chi connectivity index (χ0) is 12.1. The van der Waals surface area contributed by atoms with Crippen molar-refractivity contribution < 1.29 is 9.26 Å². The van der Waals surface area contributed by atoms with E-state index >= 15 is 0 Å². The highest BCUT2D eigenvalue weighted by molar-refractivity contribution is 5.42. The highest BCUT2D eigenvalue weighted by atomic mass is 16.5. The molecule has 0 aliphatic carbocycles. The molecule has 17 heavy (non-hydrogen) atoms. The van der Waals surface area contributed by atoms with Gasteiger partial charge in [0, 0.05) is 6.42 Å². The van der Waals surface area contributed by atoms with Crippen LogP contribution < -0.4 is 4.74 Å². The summed E-state index contributed by atoms with van der Waals surface area (Å²) in [6, 6.07) is 9.08. The molecule has 0 bridgehead atoms. The minimum atomic E-state index is 0.172. The zero-order valence-corrected chi connectivity index (χ0v) is 9.38. The van der Waals surface area contributed by atoms with Crippen LogP contribution in [0.5, 0.6) is 5.75 Å². The minimum Gasteiger partial charge on any atom is -0.482 e. The average Bonchev–Trinajstić information content (AvgIpc) is 2.84. The van der Waals surface area contributed by atoms with Crippen LogP contribution in [0.2, 0.25) is 0 Å². The summed E-state index contributed by atoms with van der Waals surface area (Å²) >= 11 is 0. The molecule has 0 atom stereocenters. The van der Waals surface area contributed by atoms with Crippen molar-refractivity contribution in [2.45, 2.75) is 20.0 Å². The van der Waals surface area contributed by atoms with Gasteiger partial charge in [-0.05, 0) is 12.1 Å². The number of hydrogen-bond acceptors (Lipinski definition) is 5. The van der Waals surface area contributed by atoms with Gasteiger partial charge in [0.05, 0.1) is 5.56 Å². The molecule has 5 heteroatoms. The number of para-hydroxylation sites is 1. The number of ether oxygens (including phenoxy) is 1. The van der Waals surface area contributed by atoms with E-state index in [4.69, 9.17) is 14.5 Å². The van der Waals surface area contributed by atoms with Crippen molar-refractivity contribution in [2.75, 3.05) is 0 Å². The van der Waals surface area contributed by atoms with Crippen molar-refractivity contribution in [2.24, 2.45) is 0 Å². The van der Waals surface area contributed by atoms with E-state index in [1.54, 1.807) is 18.2 Å². The fourth-order valence-corrected chi connectivity index (χ4v) is 1.32. The molecule has 0 amide bonds. The van der Waals surface area contributed by atoms with Gasteiger partial charge in [0.2, 0.25) is 0 Å². The molecular formula is C12H11N3O2. The van der Waals surface area contributed by atoms with Crippen molar-refractivity contribution in [3.05, 3.63) is 41.5 Å². The lowest BCUT2D eigenvalue weighted by Crippen LogP contribution is -1.97. The van der Waals surface area contributed by atoms with Crippen LogP contribution in [0.1, 0.15) is 24.2 Å². The Morgan fingerprint density at radius 3 is 2.94 bits per heavy atom. The van der Waals surface area contributed by atoms with Crippen molar-refractivity contribution >= 4 is 0 Å². The fourth-order valence-electron chi connectivity index (χ4n) is 1.32. The number of benzene rings is 1. The maximum absolute atomic E-state index is 8.88. The minimum absolute atomic E-state index is 0.172. The first-order valence-corrected chi connectivity index (χ1v) is 5.27. The van der Waals surface area contributed by atoms with Crippen LogP contribution in [0.25, 0.3) is 0 Å². The molecule has 2 rings (SSSR count). The number of hydrogen-bond donors (Lipinski definition) is 0. The highest BCUT2D eigenvalue weighted by Gasteiger charge is 2.07. The summed E-state index contributed by atoms with van der Waals surface area (Å²) in [5.41, 5.74) is 0.489. The number of aromatic nitrogens is 2. The Hall–Kier alpha value is -2.35. The second-order valence-electron chi connectivity index (χ2n) is 3.35. The Balaban J connectivity index is 2.05. The second kappa shape index (κ2) is 5.12. The molecule has 0 spiro atoms. The van der Waals surface area contributed by atoms with Crippen LogP contribution in [-0.2, 0) is 13.0 Å². The van der Waals surface area contributed by atoms with E-state index in [0.717, 1.165) is 6.42 Å². The van der Waals surface area contributed by atoms with Crippen LogP contribution in [0.3, 0.4) is 0 Å². The zero-order valence-electron chi connectivity index (χ0n) is 9.38. The van der Waals surface area contributed by atoms with Crippen LogP contribution in [0.4, 0.5) is 0 Å². The van der Waals surface area contributed by atoms with E-state index in [1.807, 2.05) is 13.0 Å². The third-order valence-electron chi connectivity index (χ3n) is 2.19. The first-order valence-electron chi connectivity index (χ1n) is 5.27. The third-order valence-corrected chi connectivity index (χ3v) is 2.19. The SMILES string of the molecule is CCc1noc(COc2ccccc2C#N)n1. The fraction of sp³-hybridized carbons (Fsp3) is 0.250. The summed E-state index contributed by atoms with van der Waals surface area (Å²) in [5, 5.41) is 12.6. The molecule has 1 aromatic heterocycles. The first-order chi connectivity index (χ1) is 8.33. The van der Waals surface area contributed by atoms with Crippen LogP contribution >= 0.6 is 0 Å². The van der Waals surface area contributed by atoms with E-state index < -0.39 is 0 Å². The van der Waals surface area contributed by atoms with Gasteiger partial charge in [0.1, 0.15) is 11.8 Å². The van der Waals surface area contributed by atoms with E-state index in [2.05, 4.69) is 16.2 Å². The lowest BCUT2D eigenvalue weighted by Gasteiger charge is -2.03. The molecule has 2 aromatic rings. The Kier molecular flexibility index (Phi) is 3.36. The van der Waals surface area contributed by atoms with Crippen LogP contribution in [0.15, 0.2) is 28.8 Å². The molecule has 0 aliphatic heterocycles. The largest absolute Gasteiger partial charge is 0.482 e. The summed E-state index contributed by atoms with van der Waals surface area (Å²) in [5.74, 6) is 1.58. The quantitative estimate of drug-likeness (QED) is 0.802. The van der Waals surface area contributed by atoms with E-state index in [1.165, 1.54) is 0 Å². The van der Waals surface area contributed by atoms with Gasteiger partial charge < -0.3 is 9.26 Å². The Labute approximate surface area is 98.6 Å². The van der Waals surface area contributed by atoms with Crippen LogP contribution in [-0.4, -0.2) is 10.1 Å². The van der Waals surface area contributed by atoms with Gasteiger partial charge in [0.25, 0.3) is 5.89 Å². The third kappa shape index (κ3) is 2.61. The topological polar surface area (TPSA) is 71.9 Å². The Bertz CT molecular complexity index is 543. The molecule has 86 valence electrons. The normalized spacial score (nSPS) is 9.88. The monoisotopic (exact) mass is 229 g/mol. The predicted molar refractivity (Wildman–Crippen MR) is 59.2 cm³/mol. The van der Waals surface area contributed by atoms with E-state index in [-0.39, 0.29) is 6.61 Å².